The zero-order valence-corrected chi connectivity index (χ0v) is 9.48. The molecule has 1 saturated heterocycles. The summed E-state index contributed by atoms with van der Waals surface area (Å²) in [5, 5.41) is 4.03. The third-order valence-electron chi connectivity index (χ3n) is 2.96. The summed E-state index contributed by atoms with van der Waals surface area (Å²) in [5.74, 6) is 0. The molecule has 3 rings (SSSR count). The highest BCUT2D eigenvalue weighted by atomic mass is 35.5. The van der Waals surface area contributed by atoms with E-state index in [0.29, 0.717) is 6.04 Å². The van der Waals surface area contributed by atoms with Crippen molar-refractivity contribution >= 4 is 11.6 Å². The van der Waals surface area contributed by atoms with Crippen molar-refractivity contribution in [3.8, 4) is 11.3 Å². The molecule has 82 valence electrons. The third-order valence-corrected chi connectivity index (χ3v) is 3.21. The van der Waals surface area contributed by atoms with Crippen molar-refractivity contribution in [1.82, 2.24) is 14.9 Å². The van der Waals surface area contributed by atoms with Crippen LogP contribution in [0, 0.1) is 0 Å². The van der Waals surface area contributed by atoms with Gasteiger partial charge in [0.05, 0.1) is 24.3 Å². The van der Waals surface area contributed by atoms with Crippen LogP contribution in [-0.4, -0.2) is 22.6 Å². The smallest absolute Gasteiger partial charge is 0.0954 e. The monoisotopic (exact) mass is 233 g/mol. The molecular weight excluding hydrogens is 222 g/mol. The predicted octanol–water partition coefficient (Wildman–Crippen LogP) is 2.35. The Balaban J connectivity index is 1.99. The van der Waals surface area contributed by atoms with Crippen LogP contribution in [-0.2, 0) is 0 Å². The van der Waals surface area contributed by atoms with Crippen molar-refractivity contribution < 1.29 is 0 Å². The Morgan fingerprint density at radius 1 is 1.25 bits per heavy atom. The molecule has 1 aromatic heterocycles. The zero-order chi connectivity index (χ0) is 11.0. The van der Waals surface area contributed by atoms with Gasteiger partial charge in [0.2, 0.25) is 0 Å². The molecule has 0 aliphatic carbocycles. The Bertz CT molecular complexity index is 485. The van der Waals surface area contributed by atoms with Gasteiger partial charge in [0, 0.05) is 18.1 Å². The van der Waals surface area contributed by atoms with Crippen LogP contribution in [0.3, 0.4) is 0 Å². The first-order valence-electron chi connectivity index (χ1n) is 5.33. The van der Waals surface area contributed by atoms with Crippen molar-refractivity contribution in [3.63, 3.8) is 0 Å². The normalized spacial score (nSPS) is 16.1. The highest BCUT2D eigenvalue weighted by molar-refractivity contribution is 6.30. The number of imidazole rings is 1. The minimum absolute atomic E-state index is 0.535. The number of aromatic nitrogens is 2. The summed E-state index contributed by atoms with van der Waals surface area (Å²) in [4.78, 5) is 4.23. The van der Waals surface area contributed by atoms with Gasteiger partial charge in [0.15, 0.2) is 0 Å². The maximum Gasteiger partial charge on any atom is 0.0954 e. The van der Waals surface area contributed by atoms with Gasteiger partial charge in [-0.2, -0.15) is 0 Å². The lowest BCUT2D eigenvalue weighted by Gasteiger charge is -2.29. The van der Waals surface area contributed by atoms with Crippen LogP contribution in [0.5, 0.6) is 0 Å². The van der Waals surface area contributed by atoms with Gasteiger partial charge < -0.3 is 9.88 Å². The fraction of sp³-hybridized carbons (Fsp3) is 0.250. The van der Waals surface area contributed by atoms with E-state index in [-0.39, 0.29) is 0 Å². The van der Waals surface area contributed by atoms with E-state index in [4.69, 9.17) is 11.6 Å². The number of nitrogens with one attached hydrogen (secondary N) is 1. The van der Waals surface area contributed by atoms with Gasteiger partial charge in [-0.25, -0.2) is 4.98 Å². The molecule has 0 saturated carbocycles. The minimum atomic E-state index is 0.535. The topological polar surface area (TPSA) is 29.9 Å². The van der Waals surface area contributed by atoms with Gasteiger partial charge >= 0.3 is 0 Å². The number of hydrogen-bond donors (Lipinski definition) is 1. The van der Waals surface area contributed by atoms with Crippen LogP contribution in [0.15, 0.2) is 36.8 Å². The van der Waals surface area contributed by atoms with Crippen molar-refractivity contribution in [2.75, 3.05) is 13.1 Å². The largest absolute Gasteiger partial charge is 0.325 e. The first kappa shape index (κ1) is 9.87. The lowest BCUT2D eigenvalue weighted by atomic mass is 10.1. The van der Waals surface area contributed by atoms with Crippen molar-refractivity contribution in [3.05, 3.63) is 41.8 Å². The molecule has 1 N–H and O–H groups in total. The van der Waals surface area contributed by atoms with Crippen LogP contribution < -0.4 is 5.32 Å². The molecular formula is C12H12ClN3. The quantitative estimate of drug-likeness (QED) is 0.863. The molecule has 3 nitrogen and oxygen atoms in total. The van der Waals surface area contributed by atoms with Gasteiger partial charge in [0.25, 0.3) is 0 Å². The van der Waals surface area contributed by atoms with Gasteiger partial charge in [-0.1, -0.05) is 23.7 Å². The number of rotatable bonds is 2. The number of nitrogens with zero attached hydrogens (tertiary/aromatic N) is 2. The fourth-order valence-corrected chi connectivity index (χ4v) is 2.04. The molecule has 0 radical (unpaired) electrons. The zero-order valence-electron chi connectivity index (χ0n) is 8.73. The standard InChI is InChI=1S/C12H12ClN3/c13-10-3-1-9(2-4-10)12-7-15-8-16(12)11-5-14-6-11/h1-4,7-8,11,14H,5-6H2. The summed E-state index contributed by atoms with van der Waals surface area (Å²) < 4.78 is 2.22. The average molecular weight is 234 g/mol. The predicted molar refractivity (Wildman–Crippen MR) is 64.6 cm³/mol. The van der Waals surface area contributed by atoms with Crippen LogP contribution in [0.25, 0.3) is 11.3 Å². The number of benzene rings is 1. The molecule has 0 spiro atoms. The van der Waals surface area contributed by atoms with E-state index in [2.05, 4.69) is 14.9 Å². The second kappa shape index (κ2) is 3.92. The molecule has 0 unspecified atom stereocenters. The van der Waals surface area contributed by atoms with E-state index in [0.717, 1.165) is 29.4 Å². The van der Waals surface area contributed by atoms with E-state index in [1.807, 2.05) is 36.8 Å². The molecule has 2 heterocycles. The van der Waals surface area contributed by atoms with Crippen LogP contribution >= 0.6 is 11.6 Å². The van der Waals surface area contributed by atoms with Crippen LogP contribution in [0.1, 0.15) is 6.04 Å². The maximum atomic E-state index is 5.88. The Hall–Kier alpha value is -1.32. The van der Waals surface area contributed by atoms with E-state index in [9.17, 15) is 0 Å². The lowest BCUT2D eigenvalue weighted by molar-refractivity contribution is 0.346. The molecule has 16 heavy (non-hydrogen) atoms. The lowest BCUT2D eigenvalue weighted by Crippen LogP contribution is -2.43. The summed E-state index contributed by atoms with van der Waals surface area (Å²) in [6.07, 6.45) is 3.80. The Morgan fingerprint density at radius 3 is 2.62 bits per heavy atom. The van der Waals surface area contributed by atoms with Gasteiger partial charge in [-0.3, -0.25) is 0 Å². The number of halogens is 1. The Kier molecular flexibility index (Phi) is 2.42. The van der Waals surface area contributed by atoms with Gasteiger partial charge in [-0.05, 0) is 17.7 Å². The highest BCUT2D eigenvalue weighted by Gasteiger charge is 2.20. The van der Waals surface area contributed by atoms with E-state index in [1.54, 1.807) is 0 Å². The van der Waals surface area contributed by atoms with E-state index < -0.39 is 0 Å². The maximum absolute atomic E-state index is 5.88. The SMILES string of the molecule is Clc1ccc(-c2cncn2C2CNC2)cc1. The average Bonchev–Trinajstić information content (AvgIpc) is 2.65. The number of hydrogen-bond acceptors (Lipinski definition) is 2. The fourth-order valence-electron chi connectivity index (χ4n) is 1.91. The first-order chi connectivity index (χ1) is 7.84. The molecule has 0 amide bonds. The molecule has 4 heteroatoms. The summed E-state index contributed by atoms with van der Waals surface area (Å²) in [7, 11) is 0. The summed E-state index contributed by atoms with van der Waals surface area (Å²) in [5.41, 5.74) is 2.32. The Labute approximate surface area is 99.1 Å². The molecule has 1 fully saturated rings. The summed E-state index contributed by atoms with van der Waals surface area (Å²) in [6, 6.07) is 8.41. The molecule has 0 atom stereocenters. The van der Waals surface area contributed by atoms with Crippen molar-refractivity contribution in [1.29, 1.82) is 0 Å². The molecule has 1 aromatic carbocycles. The summed E-state index contributed by atoms with van der Waals surface area (Å²) >= 11 is 5.88. The summed E-state index contributed by atoms with van der Waals surface area (Å²) in [6.45, 7) is 2.05. The molecule has 1 aliphatic heterocycles. The van der Waals surface area contributed by atoms with Crippen molar-refractivity contribution in [2.45, 2.75) is 6.04 Å². The Morgan fingerprint density at radius 2 is 2.00 bits per heavy atom. The second-order valence-electron chi connectivity index (χ2n) is 4.01. The highest BCUT2D eigenvalue weighted by Crippen LogP contribution is 2.25. The van der Waals surface area contributed by atoms with Gasteiger partial charge in [-0.15, -0.1) is 0 Å². The molecule has 1 aliphatic rings. The van der Waals surface area contributed by atoms with Gasteiger partial charge in [0.1, 0.15) is 0 Å². The van der Waals surface area contributed by atoms with Crippen LogP contribution in [0.2, 0.25) is 5.02 Å². The molecule has 0 bridgehead atoms. The van der Waals surface area contributed by atoms with E-state index in [1.165, 1.54) is 0 Å². The van der Waals surface area contributed by atoms with Crippen molar-refractivity contribution in [2.24, 2.45) is 0 Å². The minimum Gasteiger partial charge on any atom is -0.325 e. The second-order valence-corrected chi connectivity index (χ2v) is 4.44. The first-order valence-corrected chi connectivity index (χ1v) is 5.71. The molecule has 2 aromatic rings. The third kappa shape index (κ3) is 1.62. The van der Waals surface area contributed by atoms with Crippen LogP contribution in [0.4, 0.5) is 0 Å². The van der Waals surface area contributed by atoms with E-state index >= 15 is 0 Å².